The Bertz CT molecular complexity index is 1140. The molecule has 0 unspecified atom stereocenters. The number of rotatable bonds is 6. The molecule has 0 aliphatic rings. The molecule has 32 heavy (non-hydrogen) atoms. The predicted molar refractivity (Wildman–Crippen MR) is 140 cm³/mol. The Labute approximate surface area is 201 Å². The summed E-state index contributed by atoms with van der Waals surface area (Å²) in [6, 6.07) is 33.2. The van der Waals surface area contributed by atoms with E-state index in [4.69, 9.17) is 28.9 Å². The Morgan fingerprint density at radius 1 is 0.625 bits per heavy atom. The molecule has 4 aromatic carbocycles. The van der Waals surface area contributed by atoms with Crippen LogP contribution in [0.1, 0.15) is 34.1 Å². The number of nitrogens with two attached hydrogens (primary N) is 1. The lowest BCUT2D eigenvalue weighted by atomic mass is 9.31. The lowest BCUT2D eigenvalue weighted by Crippen LogP contribution is -2.50. The van der Waals surface area contributed by atoms with Gasteiger partial charge in [0.2, 0.25) is 6.71 Å². The van der Waals surface area contributed by atoms with Gasteiger partial charge in [-0.15, -0.1) is 0 Å². The standard InChI is InChI=1S/C28H26BCl2N/c1-19-13-15-23(17-25(19)30)29(24-16-14-20(2)26(31)18-24)27(21-9-5-3-6-10-21)28(32)22-11-7-4-8-12-22/h3-18,27-28H,32H2,1-2H3/t27-,28-/m1/s1. The Hall–Kier alpha value is -2.52. The second-order valence-corrected chi connectivity index (χ2v) is 9.18. The molecule has 0 fully saturated rings. The normalized spacial score (nSPS) is 12.9. The average molecular weight is 458 g/mol. The number of benzene rings is 4. The van der Waals surface area contributed by atoms with Crippen molar-refractivity contribution in [1.82, 2.24) is 0 Å². The number of halogens is 2. The Morgan fingerprint density at radius 2 is 1.06 bits per heavy atom. The van der Waals surface area contributed by atoms with Crippen molar-refractivity contribution >= 4 is 40.8 Å². The van der Waals surface area contributed by atoms with E-state index in [1.54, 1.807) is 0 Å². The van der Waals surface area contributed by atoms with Gasteiger partial charge in [0, 0.05) is 16.1 Å². The molecule has 0 aromatic heterocycles. The average Bonchev–Trinajstić information content (AvgIpc) is 2.82. The van der Waals surface area contributed by atoms with Gasteiger partial charge in [0.05, 0.1) is 0 Å². The zero-order valence-electron chi connectivity index (χ0n) is 18.3. The maximum absolute atomic E-state index is 7.02. The second kappa shape index (κ2) is 9.96. The van der Waals surface area contributed by atoms with E-state index in [0.717, 1.165) is 37.7 Å². The molecule has 0 bridgehead atoms. The molecule has 0 saturated heterocycles. The Balaban J connectivity index is 1.95. The molecule has 0 heterocycles. The van der Waals surface area contributed by atoms with Crippen LogP contribution in [0.2, 0.25) is 10.0 Å². The van der Waals surface area contributed by atoms with E-state index in [9.17, 15) is 0 Å². The van der Waals surface area contributed by atoms with Crippen LogP contribution >= 0.6 is 23.2 Å². The van der Waals surface area contributed by atoms with E-state index in [1.165, 1.54) is 5.56 Å². The fraction of sp³-hybridized carbons (Fsp3) is 0.143. The summed E-state index contributed by atoms with van der Waals surface area (Å²) in [6.45, 7) is 4.02. The highest BCUT2D eigenvalue weighted by Crippen LogP contribution is 2.32. The van der Waals surface area contributed by atoms with Crippen LogP contribution in [-0.2, 0) is 0 Å². The maximum atomic E-state index is 7.02. The third kappa shape index (κ3) is 4.78. The third-order valence-electron chi connectivity index (χ3n) is 6.22. The highest BCUT2D eigenvalue weighted by atomic mass is 35.5. The minimum absolute atomic E-state index is 0.0175. The molecule has 4 heteroatoms. The van der Waals surface area contributed by atoms with Crippen LogP contribution in [-0.4, -0.2) is 6.71 Å². The fourth-order valence-electron chi connectivity index (χ4n) is 4.38. The zero-order valence-corrected chi connectivity index (χ0v) is 19.8. The summed E-state index contributed by atoms with van der Waals surface area (Å²) in [5.41, 5.74) is 13.7. The quantitative estimate of drug-likeness (QED) is 0.340. The summed E-state index contributed by atoms with van der Waals surface area (Å²) in [6.07, 6.45) is 0. The highest BCUT2D eigenvalue weighted by molar-refractivity contribution is 6.86. The molecule has 0 aliphatic heterocycles. The molecule has 2 N–H and O–H groups in total. The van der Waals surface area contributed by atoms with Crippen molar-refractivity contribution in [1.29, 1.82) is 0 Å². The molecule has 160 valence electrons. The topological polar surface area (TPSA) is 26.0 Å². The predicted octanol–water partition coefficient (Wildman–Crippen LogP) is 6.24. The highest BCUT2D eigenvalue weighted by Gasteiger charge is 2.36. The third-order valence-corrected chi connectivity index (χ3v) is 7.04. The molecule has 0 radical (unpaired) electrons. The second-order valence-electron chi connectivity index (χ2n) is 8.37. The summed E-state index contributed by atoms with van der Waals surface area (Å²) in [5.74, 6) is -0.0175. The van der Waals surface area contributed by atoms with E-state index in [-0.39, 0.29) is 18.6 Å². The largest absolute Gasteiger partial charge is 0.324 e. The SMILES string of the molecule is Cc1ccc(B(c2ccc(C)c(Cl)c2)[C@H](c2ccccc2)[C@H](N)c2ccccc2)cc1Cl. The van der Waals surface area contributed by atoms with Crippen LogP contribution in [0.15, 0.2) is 97.1 Å². The van der Waals surface area contributed by atoms with Crippen molar-refractivity contribution in [3.8, 4) is 0 Å². The van der Waals surface area contributed by atoms with Crippen molar-refractivity contribution in [3.05, 3.63) is 129 Å². The summed E-state index contributed by atoms with van der Waals surface area (Å²) in [4.78, 5) is 0. The van der Waals surface area contributed by atoms with Gasteiger partial charge in [-0.25, -0.2) is 0 Å². The van der Waals surface area contributed by atoms with Crippen LogP contribution in [0.4, 0.5) is 0 Å². The van der Waals surface area contributed by atoms with Crippen molar-refractivity contribution in [2.45, 2.75) is 25.7 Å². The van der Waals surface area contributed by atoms with Crippen LogP contribution in [0.3, 0.4) is 0 Å². The number of hydrogen-bond acceptors (Lipinski definition) is 1. The van der Waals surface area contributed by atoms with E-state index in [1.807, 2.05) is 38.1 Å². The van der Waals surface area contributed by atoms with Crippen LogP contribution in [0.5, 0.6) is 0 Å². The van der Waals surface area contributed by atoms with E-state index in [0.29, 0.717) is 0 Å². The smallest absolute Gasteiger partial charge is 0.218 e. The van der Waals surface area contributed by atoms with Crippen LogP contribution in [0.25, 0.3) is 0 Å². The fourth-order valence-corrected chi connectivity index (χ4v) is 4.76. The van der Waals surface area contributed by atoms with Gasteiger partial charge in [-0.1, -0.05) is 119 Å². The van der Waals surface area contributed by atoms with E-state index < -0.39 is 0 Å². The zero-order chi connectivity index (χ0) is 22.7. The first-order valence-electron chi connectivity index (χ1n) is 10.8. The lowest BCUT2D eigenvalue weighted by Gasteiger charge is -2.32. The molecular weight excluding hydrogens is 432 g/mol. The van der Waals surface area contributed by atoms with Crippen molar-refractivity contribution in [2.24, 2.45) is 5.73 Å². The minimum Gasteiger partial charge on any atom is -0.324 e. The van der Waals surface area contributed by atoms with Crippen LogP contribution < -0.4 is 16.7 Å². The van der Waals surface area contributed by atoms with Gasteiger partial charge in [-0.05, 0) is 54.1 Å². The molecular formula is C28H26BCl2N. The lowest BCUT2D eigenvalue weighted by molar-refractivity contribution is 0.687. The molecule has 1 nitrogen and oxygen atoms in total. The molecule has 0 aliphatic carbocycles. The summed E-state index contributed by atoms with van der Waals surface area (Å²) in [7, 11) is 0. The van der Waals surface area contributed by atoms with Crippen molar-refractivity contribution in [2.75, 3.05) is 0 Å². The van der Waals surface area contributed by atoms with Crippen molar-refractivity contribution < 1.29 is 0 Å². The van der Waals surface area contributed by atoms with E-state index in [2.05, 4.69) is 72.8 Å². The first kappa shape index (κ1) is 22.7. The van der Waals surface area contributed by atoms with Gasteiger partial charge in [-0.3, -0.25) is 0 Å². The maximum Gasteiger partial charge on any atom is 0.218 e. The summed E-state index contributed by atoms with van der Waals surface area (Å²) >= 11 is 13.2. The van der Waals surface area contributed by atoms with Gasteiger partial charge in [0.25, 0.3) is 0 Å². The van der Waals surface area contributed by atoms with Gasteiger partial charge in [-0.2, -0.15) is 0 Å². The first-order valence-corrected chi connectivity index (χ1v) is 11.6. The van der Waals surface area contributed by atoms with Gasteiger partial charge in [0.15, 0.2) is 0 Å². The summed E-state index contributed by atoms with van der Waals surface area (Å²) in [5, 5.41) is 1.51. The van der Waals surface area contributed by atoms with Gasteiger partial charge < -0.3 is 5.73 Å². The first-order chi connectivity index (χ1) is 15.5. The molecule has 0 saturated carbocycles. The Kier molecular flexibility index (Phi) is 7.05. The molecule has 0 amide bonds. The molecule has 4 rings (SSSR count). The number of hydrogen-bond donors (Lipinski definition) is 1. The van der Waals surface area contributed by atoms with Gasteiger partial charge >= 0.3 is 0 Å². The van der Waals surface area contributed by atoms with Crippen LogP contribution in [0, 0.1) is 13.8 Å². The molecule has 2 atom stereocenters. The minimum atomic E-state index is -0.219. The summed E-state index contributed by atoms with van der Waals surface area (Å²) < 4.78 is 0. The van der Waals surface area contributed by atoms with Gasteiger partial charge in [0.1, 0.15) is 0 Å². The monoisotopic (exact) mass is 457 g/mol. The van der Waals surface area contributed by atoms with E-state index >= 15 is 0 Å². The van der Waals surface area contributed by atoms with Crippen molar-refractivity contribution in [3.63, 3.8) is 0 Å². The number of aryl methyl sites for hydroxylation is 2. The Morgan fingerprint density at radius 3 is 1.50 bits per heavy atom. The molecule has 4 aromatic rings. The molecule has 0 spiro atoms.